The highest BCUT2D eigenvalue weighted by Crippen LogP contribution is 2.35. The minimum Gasteiger partial charge on any atom is -0.465 e. The minimum atomic E-state index is -3.90. The molecule has 0 amide bonds. The number of aryl methyl sites for hydroxylation is 1. The van der Waals surface area contributed by atoms with Gasteiger partial charge in [0.05, 0.1) is 34.9 Å². The molecular formula is C19H16N2O4S. The number of hydrogen-bond acceptors (Lipinski definition) is 5. The van der Waals surface area contributed by atoms with Gasteiger partial charge in [0.15, 0.2) is 0 Å². The zero-order valence-electron chi connectivity index (χ0n) is 14.2. The second kappa shape index (κ2) is 6.65. The van der Waals surface area contributed by atoms with Gasteiger partial charge in [0.2, 0.25) is 0 Å². The molecule has 1 aliphatic rings. The summed E-state index contributed by atoms with van der Waals surface area (Å²) in [5.41, 5.74) is 3.59. The van der Waals surface area contributed by atoms with Crippen LogP contribution in [0.4, 0.5) is 5.69 Å². The molecule has 0 saturated heterocycles. The Morgan fingerprint density at radius 3 is 2.73 bits per heavy atom. The summed E-state index contributed by atoms with van der Waals surface area (Å²) < 4.78 is 32.7. The van der Waals surface area contributed by atoms with Crippen molar-refractivity contribution >= 4 is 27.3 Å². The van der Waals surface area contributed by atoms with E-state index in [0.717, 1.165) is 16.7 Å². The maximum absolute atomic E-state index is 12.8. The summed E-state index contributed by atoms with van der Waals surface area (Å²) in [4.78, 5) is 11.6. The number of carbonyl (C=O) groups excluding carboxylic acids is 1. The van der Waals surface area contributed by atoms with E-state index in [1.165, 1.54) is 31.4 Å². The average molecular weight is 368 g/mol. The van der Waals surface area contributed by atoms with Crippen molar-refractivity contribution in [2.45, 2.75) is 18.2 Å². The standard InChI is InChI=1S/C19H16N2O4S/c1-12-6-9-17(16-8-7-14(11-20)18(12)16)21-26(23,24)15-5-3-4-13(10-15)19(22)25-2/h3-7,9-10,21H,8H2,1-2H3. The van der Waals surface area contributed by atoms with Gasteiger partial charge in [-0.25, -0.2) is 13.2 Å². The molecule has 0 bridgehead atoms. The normalized spacial score (nSPS) is 12.7. The van der Waals surface area contributed by atoms with Crippen LogP contribution in [-0.2, 0) is 21.2 Å². The number of ether oxygens (including phenoxy) is 1. The van der Waals surface area contributed by atoms with E-state index in [9.17, 15) is 18.5 Å². The van der Waals surface area contributed by atoms with E-state index in [1.807, 2.05) is 6.92 Å². The van der Waals surface area contributed by atoms with Crippen molar-refractivity contribution in [3.05, 3.63) is 64.7 Å². The van der Waals surface area contributed by atoms with E-state index < -0.39 is 16.0 Å². The quantitative estimate of drug-likeness (QED) is 0.837. The summed E-state index contributed by atoms with van der Waals surface area (Å²) in [6.07, 6.45) is 2.27. The zero-order valence-corrected chi connectivity index (χ0v) is 15.1. The maximum Gasteiger partial charge on any atom is 0.337 e. The molecule has 132 valence electrons. The Balaban J connectivity index is 1.99. The van der Waals surface area contributed by atoms with Crippen molar-refractivity contribution in [1.82, 2.24) is 0 Å². The molecule has 7 heteroatoms. The van der Waals surface area contributed by atoms with Crippen molar-refractivity contribution in [1.29, 1.82) is 5.26 Å². The van der Waals surface area contributed by atoms with Gasteiger partial charge in [0.1, 0.15) is 0 Å². The van der Waals surface area contributed by atoms with Crippen molar-refractivity contribution in [3.8, 4) is 6.07 Å². The van der Waals surface area contributed by atoms with Gasteiger partial charge in [-0.05, 0) is 48.7 Å². The minimum absolute atomic E-state index is 0.0406. The van der Waals surface area contributed by atoms with Gasteiger partial charge in [0, 0.05) is 5.56 Å². The SMILES string of the molecule is COC(=O)c1cccc(S(=O)(=O)Nc2ccc(C)c3c2CC=C3C#N)c1. The van der Waals surface area contributed by atoms with Crippen molar-refractivity contribution in [3.63, 3.8) is 0 Å². The first kappa shape index (κ1) is 17.7. The van der Waals surface area contributed by atoms with Gasteiger partial charge in [-0.2, -0.15) is 5.26 Å². The van der Waals surface area contributed by atoms with E-state index in [-0.39, 0.29) is 10.5 Å². The maximum atomic E-state index is 12.8. The first-order chi connectivity index (χ1) is 12.4. The van der Waals surface area contributed by atoms with Crippen LogP contribution in [0.15, 0.2) is 47.4 Å². The molecule has 0 aliphatic heterocycles. The van der Waals surface area contributed by atoms with Crippen LogP contribution in [0.25, 0.3) is 5.57 Å². The molecule has 2 aromatic rings. The second-order valence-corrected chi connectivity index (χ2v) is 7.52. The Morgan fingerprint density at radius 1 is 1.27 bits per heavy atom. The number of hydrogen-bond donors (Lipinski definition) is 1. The first-order valence-electron chi connectivity index (χ1n) is 7.81. The number of nitriles is 1. The monoisotopic (exact) mass is 368 g/mol. The lowest BCUT2D eigenvalue weighted by Gasteiger charge is -2.14. The molecule has 6 nitrogen and oxygen atoms in total. The molecular weight excluding hydrogens is 352 g/mol. The van der Waals surface area contributed by atoms with Crippen molar-refractivity contribution in [2.75, 3.05) is 11.8 Å². The number of esters is 1. The highest BCUT2D eigenvalue weighted by Gasteiger charge is 2.23. The van der Waals surface area contributed by atoms with Crippen LogP contribution < -0.4 is 4.72 Å². The molecule has 0 unspecified atom stereocenters. The summed E-state index contributed by atoms with van der Waals surface area (Å²) in [5.74, 6) is -0.610. The fourth-order valence-electron chi connectivity index (χ4n) is 2.97. The van der Waals surface area contributed by atoms with Gasteiger partial charge in [-0.15, -0.1) is 0 Å². The number of methoxy groups -OCH3 is 1. The predicted molar refractivity (Wildman–Crippen MR) is 97.1 cm³/mol. The number of rotatable bonds is 4. The number of nitrogens with one attached hydrogen (secondary N) is 1. The van der Waals surface area contributed by atoms with E-state index >= 15 is 0 Å². The van der Waals surface area contributed by atoms with E-state index in [1.54, 1.807) is 18.2 Å². The molecule has 0 atom stereocenters. The molecule has 0 spiro atoms. The van der Waals surface area contributed by atoms with Crippen molar-refractivity contribution in [2.24, 2.45) is 0 Å². The lowest BCUT2D eigenvalue weighted by molar-refractivity contribution is 0.0600. The summed E-state index contributed by atoms with van der Waals surface area (Å²) in [5, 5.41) is 9.24. The first-order valence-corrected chi connectivity index (χ1v) is 9.30. The third kappa shape index (κ3) is 3.07. The molecule has 26 heavy (non-hydrogen) atoms. The number of fused-ring (bicyclic) bond motifs is 1. The number of allylic oxidation sites excluding steroid dienone is 2. The largest absolute Gasteiger partial charge is 0.465 e. The topological polar surface area (TPSA) is 96.3 Å². The fourth-order valence-corrected chi connectivity index (χ4v) is 4.11. The highest BCUT2D eigenvalue weighted by atomic mass is 32.2. The third-order valence-electron chi connectivity index (χ3n) is 4.23. The lowest BCUT2D eigenvalue weighted by Crippen LogP contribution is -2.15. The van der Waals surface area contributed by atoms with Crippen LogP contribution in [0.3, 0.4) is 0 Å². The molecule has 3 rings (SSSR count). The molecule has 0 radical (unpaired) electrons. The fraction of sp³-hybridized carbons (Fsp3) is 0.158. The Labute approximate surface area is 151 Å². The van der Waals surface area contributed by atoms with Crippen LogP contribution in [0, 0.1) is 18.3 Å². The number of benzene rings is 2. The third-order valence-corrected chi connectivity index (χ3v) is 5.59. The van der Waals surface area contributed by atoms with Gasteiger partial charge in [-0.3, -0.25) is 4.72 Å². The zero-order chi connectivity index (χ0) is 18.9. The van der Waals surface area contributed by atoms with E-state index in [4.69, 9.17) is 0 Å². The predicted octanol–water partition coefficient (Wildman–Crippen LogP) is 3.05. The molecule has 0 aromatic heterocycles. The number of anilines is 1. The Hall–Kier alpha value is -3.11. The smallest absolute Gasteiger partial charge is 0.337 e. The number of nitrogens with zero attached hydrogens (tertiary/aromatic N) is 1. The van der Waals surface area contributed by atoms with Crippen LogP contribution >= 0.6 is 0 Å². The van der Waals surface area contributed by atoms with Gasteiger partial charge in [0.25, 0.3) is 10.0 Å². The summed E-state index contributed by atoms with van der Waals surface area (Å²) >= 11 is 0. The molecule has 1 N–H and O–H groups in total. The summed E-state index contributed by atoms with van der Waals surface area (Å²) in [7, 11) is -2.67. The van der Waals surface area contributed by atoms with E-state index in [2.05, 4.69) is 15.5 Å². The molecule has 1 aliphatic carbocycles. The van der Waals surface area contributed by atoms with Crippen LogP contribution in [0.5, 0.6) is 0 Å². The van der Waals surface area contributed by atoms with Gasteiger partial charge < -0.3 is 4.74 Å². The Morgan fingerprint density at radius 2 is 2.04 bits per heavy atom. The Bertz CT molecular complexity index is 1080. The molecule has 2 aromatic carbocycles. The molecule has 0 saturated carbocycles. The Kier molecular flexibility index (Phi) is 4.53. The van der Waals surface area contributed by atoms with Gasteiger partial charge >= 0.3 is 5.97 Å². The molecule has 0 fully saturated rings. The van der Waals surface area contributed by atoms with Crippen LogP contribution in [0.1, 0.15) is 27.0 Å². The number of sulfonamides is 1. The van der Waals surface area contributed by atoms with Gasteiger partial charge in [-0.1, -0.05) is 18.2 Å². The summed E-state index contributed by atoms with van der Waals surface area (Å²) in [6, 6.07) is 11.2. The highest BCUT2D eigenvalue weighted by molar-refractivity contribution is 7.92. The second-order valence-electron chi connectivity index (χ2n) is 5.84. The molecule has 0 heterocycles. The average Bonchev–Trinajstić information content (AvgIpc) is 3.08. The summed E-state index contributed by atoms with van der Waals surface area (Å²) in [6.45, 7) is 1.88. The van der Waals surface area contributed by atoms with Crippen LogP contribution in [0.2, 0.25) is 0 Å². The van der Waals surface area contributed by atoms with Crippen molar-refractivity contribution < 1.29 is 17.9 Å². The van der Waals surface area contributed by atoms with E-state index in [0.29, 0.717) is 17.7 Å². The van der Waals surface area contributed by atoms with Crippen LogP contribution in [-0.4, -0.2) is 21.5 Å². The number of carbonyl (C=O) groups is 1. The lowest BCUT2D eigenvalue weighted by atomic mass is 9.99.